The van der Waals surface area contributed by atoms with E-state index in [0.29, 0.717) is 10.6 Å². The average molecular weight is 214 g/mol. The summed E-state index contributed by atoms with van der Waals surface area (Å²) in [5, 5.41) is 11.7. The van der Waals surface area contributed by atoms with Gasteiger partial charge in [-0.2, -0.15) is 0 Å². The number of hydrogen-bond donors (Lipinski definition) is 2. The molecule has 4 heteroatoms. The lowest BCUT2D eigenvalue weighted by Crippen LogP contribution is -2.26. The minimum atomic E-state index is -0.209. The van der Waals surface area contributed by atoms with Gasteiger partial charge in [0.25, 0.3) is 5.91 Å². The van der Waals surface area contributed by atoms with Gasteiger partial charge in [-0.05, 0) is 24.6 Å². The molecule has 14 heavy (non-hydrogen) atoms. The second kappa shape index (κ2) is 4.98. The zero-order valence-electron chi connectivity index (χ0n) is 7.88. The van der Waals surface area contributed by atoms with Crippen LogP contribution in [0, 0.1) is 6.92 Å². The summed E-state index contributed by atoms with van der Waals surface area (Å²) < 4.78 is 0. The summed E-state index contributed by atoms with van der Waals surface area (Å²) in [7, 11) is 0. The predicted octanol–water partition coefficient (Wildman–Crippen LogP) is 1.37. The number of aliphatic hydroxyl groups excluding tert-OH is 1. The van der Waals surface area contributed by atoms with E-state index in [1.807, 2.05) is 0 Å². The summed E-state index contributed by atoms with van der Waals surface area (Å²) in [4.78, 5) is 11.5. The molecule has 0 atom stereocenters. The number of carbonyl (C=O) groups is 1. The van der Waals surface area contributed by atoms with E-state index in [9.17, 15) is 4.79 Å². The van der Waals surface area contributed by atoms with Crippen molar-refractivity contribution in [2.24, 2.45) is 0 Å². The Morgan fingerprint density at radius 3 is 2.93 bits per heavy atom. The lowest BCUT2D eigenvalue weighted by atomic mass is 10.1. The average Bonchev–Trinajstić information content (AvgIpc) is 2.18. The van der Waals surface area contributed by atoms with Crippen molar-refractivity contribution in [1.82, 2.24) is 5.32 Å². The van der Waals surface area contributed by atoms with E-state index in [1.165, 1.54) is 0 Å². The first-order chi connectivity index (χ1) is 6.66. The highest BCUT2D eigenvalue weighted by molar-refractivity contribution is 6.31. The standard InChI is InChI=1S/C10H12ClNO2/c1-7-8(3-2-4-9(7)11)10(14)12-5-6-13/h2-4,13H,5-6H2,1H3,(H,12,14). The van der Waals surface area contributed by atoms with Gasteiger partial charge in [-0.25, -0.2) is 0 Å². The Morgan fingerprint density at radius 1 is 1.57 bits per heavy atom. The van der Waals surface area contributed by atoms with Crippen LogP contribution in [-0.4, -0.2) is 24.2 Å². The zero-order valence-corrected chi connectivity index (χ0v) is 8.64. The van der Waals surface area contributed by atoms with E-state index < -0.39 is 0 Å². The number of amides is 1. The highest BCUT2D eigenvalue weighted by Crippen LogP contribution is 2.18. The second-order valence-corrected chi connectivity index (χ2v) is 3.30. The van der Waals surface area contributed by atoms with Crippen LogP contribution >= 0.6 is 11.6 Å². The van der Waals surface area contributed by atoms with E-state index >= 15 is 0 Å². The molecule has 0 aliphatic heterocycles. The van der Waals surface area contributed by atoms with Crippen LogP contribution in [0.3, 0.4) is 0 Å². The van der Waals surface area contributed by atoms with Crippen molar-refractivity contribution in [1.29, 1.82) is 0 Å². The molecular weight excluding hydrogens is 202 g/mol. The molecule has 1 aromatic rings. The molecule has 0 saturated heterocycles. The van der Waals surface area contributed by atoms with Gasteiger partial charge in [0.05, 0.1) is 6.61 Å². The first-order valence-corrected chi connectivity index (χ1v) is 4.68. The summed E-state index contributed by atoms with van der Waals surface area (Å²) in [6, 6.07) is 5.16. The minimum Gasteiger partial charge on any atom is -0.395 e. The Hall–Kier alpha value is -1.06. The molecule has 76 valence electrons. The third-order valence-electron chi connectivity index (χ3n) is 1.91. The first-order valence-electron chi connectivity index (χ1n) is 4.31. The lowest BCUT2D eigenvalue weighted by molar-refractivity contribution is 0.0944. The van der Waals surface area contributed by atoms with E-state index in [-0.39, 0.29) is 19.1 Å². The van der Waals surface area contributed by atoms with Crippen LogP contribution in [0.5, 0.6) is 0 Å². The monoisotopic (exact) mass is 213 g/mol. The Labute approximate surface area is 87.7 Å². The topological polar surface area (TPSA) is 49.3 Å². The third kappa shape index (κ3) is 2.47. The molecule has 1 amide bonds. The second-order valence-electron chi connectivity index (χ2n) is 2.89. The Morgan fingerprint density at radius 2 is 2.29 bits per heavy atom. The summed E-state index contributed by atoms with van der Waals surface area (Å²) >= 11 is 5.86. The molecule has 1 aromatic carbocycles. The maximum atomic E-state index is 11.5. The summed E-state index contributed by atoms with van der Waals surface area (Å²) in [5.74, 6) is -0.209. The number of nitrogens with one attached hydrogen (secondary N) is 1. The van der Waals surface area contributed by atoms with Gasteiger partial charge in [0.2, 0.25) is 0 Å². The maximum absolute atomic E-state index is 11.5. The number of aliphatic hydroxyl groups is 1. The number of carbonyl (C=O) groups excluding carboxylic acids is 1. The molecule has 0 bridgehead atoms. The van der Waals surface area contributed by atoms with Crippen molar-refractivity contribution in [2.45, 2.75) is 6.92 Å². The molecule has 0 heterocycles. The van der Waals surface area contributed by atoms with Crippen molar-refractivity contribution in [3.8, 4) is 0 Å². The van der Waals surface area contributed by atoms with E-state index in [4.69, 9.17) is 16.7 Å². The molecule has 0 spiro atoms. The van der Waals surface area contributed by atoms with Crippen molar-refractivity contribution in [3.05, 3.63) is 34.3 Å². The molecule has 0 saturated carbocycles. The fourth-order valence-electron chi connectivity index (χ4n) is 1.12. The maximum Gasteiger partial charge on any atom is 0.251 e. The van der Waals surface area contributed by atoms with Crippen molar-refractivity contribution in [2.75, 3.05) is 13.2 Å². The third-order valence-corrected chi connectivity index (χ3v) is 2.32. The minimum absolute atomic E-state index is 0.0641. The van der Waals surface area contributed by atoms with Crippen LogP contribution < -0.4 is 5.32 Å². The van der Waals surface area contributed by atoms with Crippen LogP contribution in [-0.2, 0) is 0 Å². The Kier molecular flexibility index (Phi) is 3.92. The number of halogens is 1. The van der Waals surface area contributed by atoms with Crippen molar-refractivity contribution in [3.63, 3.8) is 0 Å². The predicted molar refractivity (Wildman–Crippen MR) is 55.6 cm³/mol. The summed E-state index contributed by atoms with van der Waals surface area (Å²) in [5.41, 5.74) is 1.30. The van der Waals surface area contributed by atoms with Crippen LogP contribution in [0.15, 0.2) is 18.2 Å². The van der Waals surface area contributed by atoms with Crippen LogP contribution in [0.4, 0.5) is 0 Å². The number of benzene rings is 1. The van der Waals surface area contributed by atoms with Gasteiger partial charge < -0.3 is 10.4 Å². The first kappa shape index (κ1) is 11.0. The van der Waals surface area contributed by atoms with Gasteiger partial charge in [0, 0.05) is 17.1 Å². The molecule has 0 aromatic heterocycles. The Bertz CT molecular complexity index is 339. The SMILES string of the molecule is Cc1c(Cl)cccc1C(=O)NCCO. The van der Waals surface area contributed by atoms with E-state index in [0.717, 1.165) is 5.56 Å². The molecular formula is C10H12ClNO2. The van der Waals surface area contributed by atoms with E-state index in [2.05, 4.69) is 5.32 Å². The molecule has 0 unspecified atom stereocenters. The van der Waals surface area contributed by atoms with Gasteiger partial charge in [0.15, 0.2) is 0 Å². The summed E-state index contributed by atoms with van der Waals surface area (Å²) in [6.45, 7) is 1.98. The normalized spacial score (nSPS) is 9.93. The van der Waals surface area contributed by atoms with Crippen molar-refractivity contribution >= 4 is 17.5 Å². The fourth-order valence-corrected chi connectivity index (χ4v) is 1.29. The molecule has 0 aliphatic carbocycles. The zero-order chi connectivity index (χ0) is 10.6. The number of rotatable bonds is 3. The van der Waals surface area contributed by atoms with Crippen LogP contribution in [0.2, 0.25) is 5.02 Å². The molecule has 0 radical (unpaired) electrons. The van der Waals surface area contributed by atoms with Gasteiger partial charge >= 0.3 is 0 Å². The largest absolute Gasteiger partial charge is 0.395 e. The molecule has 2 N–H and O–H groups in total. The molecule has 0 aliphatic rings. The van der Waals surface area contributed by atoms with Gasteiger partial charge in [0.1, 0.15) is 0 Å². The lowest BCUT2D eigenvalue weighted by Gasteiger charge is -2.07. The molecule has 0 fully saturated rings. The highest BCUT2D eigenvalue weighted by atomic mass is 35.5. The van der Waals surface area contributed by atoms with Gasteiger partial charge in [-0.15, -0.1) is 0 Å². The molecule has 1 rings (SSSR count). The van der Waals surface area contributed by atoms with Gasteiger partial charge in [-0.3, -0.25) is 4.79 Å². The van der Waals surface area contributed by atoms with Gasteiger partial charge in [-0.1, -0.05) is 17.7 Å². The quantitative estimate of drug-likeness (QED) is 0.797. The number of hydrogen-bond acceptors (Lipinski definition) is 2. The Balaban J connectivity index is 2.84. The van der Waals surface area contributed by atoms with Crippen molar-refractivity contribution < 1.29 is 9.90 Å². The highest BCUT2D eigenvalue weighted by Gasteiger charge is 2.09. The smallest absolute Gasteiger partial charge is 0.251 e. The van der Waals surface area contributed by atoms with E-state index in [1.54, 1.807) is 25.1 Å². The summed E-state index contributed by atoms with van der Waals surface area (Å²) in [6.07, 6.45) is 0. The fraction of sp³-hybridized carbons (Fsp3) is 0.300. The van der Waals surface area contributed by atoms with Crippen LogP contribution in [0.25, 0.3) is 0 Å². The molecule has 3 nitrogen and oxygen atoms in total. The van der Waals surface area contributed by atoms with Crippen LogP contribution in [0.1, 0.15) is 15.9 Å².